The lowest BCUT2D eigenvalue weighted by Crippen LogP contribution is -2.30. The minimum absolute atomic E-state index is 0.257. The minimum Gasteiger partial charge on any atom is -0.357 e. The van der Waals surface area contributed by atoms with Crippen LogP contribution in [-0.2, 0) is 6.54 Å². The number of amides is 1. The molecule has 7 nitrogen and oxygen atoms in total. The summed E-state index contributed by atoms with van der Waals surface area (Å²) in [5.74, 6) is 0.714. The SMILES string of the molecule is Cc1nn(-c2cccc(Cl)c2)nc1C(=O)NCc1ccnc(N2CCCCC2)c1. The van der Waals surface area contributed by atoms with Gasteiger partial charge < -0.3 is 10.2 Å². The molecule has 29 heavy (non-hydrogen) atoms. The number of halogens is 1. The van der Waals surface area contributed by atoms with Crippen molar-refractivity contribution in [2.24, 2.45) is 0 Å². The third-order valence-corrected chi connectivity index (χ3v) is 5.21. The maximum Gasteiger partial charge on any atom is 0.274 e. The van der Waals surface area contributed by atoms with Crippen LogP contribution in [-0.4, -0.2) is 39.0 Å². The standard InChI is InChI=1S/C21H23ClN6O/c1-15-20(26-28(25-15)18-7-5-6-17(22)13-18)21(29)24-14-16-8-9-23-19(12-16)27-10-3-2-4-11-27/h5-9,12-13H,2-4,10-11,14H2,1H3,(H,24,29). The molecule has 1 amide bonds. The molecule has 3 heterocycles. The van der Waals surface area contributed by atoms with Crippen molar-refractivity contribution in [2.75, 3.05) is 18.0 Å². The Morgan fingerprint density at radius 2 is 1.97 bits per heavy atom. The number of hydrogen-bond donors (Lipinski definition) is 1. The van der Waals surface area contributed by atoms with Gasteiger partial charge in [0.25, 0.3) is 5.91 Å². The Bertz CT molecular complexity index is 1010. The summed E-state index contributed by atoms with van der Waals surface area (Å²) in [4.78, 5) is 20.9. The van der Waals surface area contributed by atoms with Crippen molar-refractivity contribution in [2.45, 2.75) is 32.7 Å². The monoisotopic (exact) mass is 410 g/mol. The highest BCUT2D eigenvalue weighted by Gasteiger charge is 2.17. The highest BCUT2D eigenvalue weighted by atomic mass is 35.5. The molecule has 2 aromatic heterocycles. The first kappa shape index (κ1) is 19.4. The predicted molar refractivity (Wildman–Crippen MR) is 113 cm³/mol. The number of aromatic nitrogens is 4. The summed E-state index contributed by atoms with van der Waals surface area (Å²) in [6.07, 6.45) is 5.47. The fourth-order valence-electron chi connectivity index (χ4n) is 3.44. The molecule has 4 rings (SSSR count). The molecule has 0 bridgehead atoms. The summed E-state index contributed by atoms with van der Waals surface area (Å²) < 4.78 is 0. The predicted octanol–water partition coefficient (Wildman–Crippen LogP) is 3.54. The Labute approximate surface area is 174 Å². The van der Waals surface area contributed by atoms with E-state index in [-0.39, 0.29) is 5.91 Å². The Morgan fingerprint density at radius 3 is 2.76 bits per heavy atom. The number of anilines is 1. The van der Waals surface area contributed by atoms with Crippen molar-refractivity contribution in [1.82, 2.24) is 25.3 Å². The molecule has 0 aliphatic carbocycles. The second kappa shape index (κ2) is 8.61. The fourth-order valence-corrected chi connectivity index (χ4v) is 3.62. The first-order valence-electron chi connectivity index (χ1n) is 9.78. The van der Waals surface area contributed by atoms with Gasteiger partial charge in [-0.25, -0.2) is 4.98 Å². The Hall–Kier alpha value is -2.93. The number of benzene rings is 1. The van der Waals surface area contributed by atoms with E-state index in [1.54, 1.807) is 25.3 Å². The summed E-state index contributed by atoms with van der Waals surface area (Å²) in [6, 6.07) is 11.2. The Morgan fingerprint density at radius 1 is 1.14 bits per heavy atom. The second-order valence-electron chi connectivity index (χ2n) is 7.16. The lowest BCUT2D eigenvalue weighted by atomic mass is 10.1. The third-order valence-electron chi connectivity index (χ3n) is 4.98. The molecule has 0 spiro atoms. The van der Waals surface area contributed by atoms with Crippen molar-refractivity contribution in [3.05, 3.63) is 64.6 Å². The summed E-state index contributed by atoms with van der Waals surface area (Å²) >= 11 is 6.03. The topological polar surface area (TPSA) is 75.9 Å². The normalized spacial score (nSPS) is 14.1. The summed E-state index contributed by atoms with van der Waals surface area (Å²) in [6.45, 7) is 4.25. The largest absolute Gasteiger partial charge is 0.357 e. The maximum atomic E-state index is 12.7. The molecule has 1 saturated heterocycles. The molecule has 1 N–H and O–H groups in total. The molecule has 1 aliphatic heterocycles. The molecule has 0 saturated carbocycles. The smallest absolute Gasteiger partial charge is 0.274 e. The molecule has 8 heteroatoms. The van der Waals surface area contributed by atoms with Crippen LogP contribution >= 0.6 is 11.6 Å². The van der Waals surface area contributed by atoms with Gasteiger partial charge in [-0.3, -0.25) is 4.79 Å². The molecule has 0 unspecified atom stereocenters. The van der Waals surface area contributed by atoms with Gasteiger partial charge in [0.05, 0.1) is 11.4 Å². The quantitative estimate of drug-likeness (QED) is 0.696. The molecule has 3 aromatic rings. The van der Waals surface area contributed by atoms with Crippen molar-refractivity contribution in [3.63, 3.8) is 0 Å². The number of rotatable bonds is 5. The van der Waals surface area contributed by atoms with E-state index in [1.165, 1.54) is 24.1 Å². The van der Waals surface area contributed by atoms with Gasteiger partial charge in [0, 0.05) is 30.9 Å². The zero-order valence-corrected chi connectivity index (χ0v) is 17.1. The van der Waals surface area contributed by atoms with Gasteiger partial charge in [-0.15, -0.1) is 5.10 Å². The first-order valence-corrected chi connectivity index (χ1v) is 10.2. The Balaban J connectivity index is 1.44. The van der Waals surface area contributed by atoms with Crippen LogP contribution in [0.15, 0.2) is 42.6 Å². The van der Waals surface area contributed by atoms with Crippen LogP contribution in [0.4, 0.5) is 5.82 Å². The van der Waals surface area contributed by atoms with Crippen LogP contribution in [0.25, 0.3) is 5.69 Å². The fraction of sp³-hybridized carbons (Fsp3) is 0.333. The number of nitrogens with zero attached hydrogens (tertiary/aromatic N) is 5. The number of nitrogens with one attached hydrogen (secondary N) is 1. The molecule has 0 atom stereocenters. The van der Waals surface area contributed by atoms with E-state index in [0.29, 0.717) is 28.6 Å². The number of pyridine rings is 1. The van der Waals surface area contributed by atoms with E-state index in [0.717, 1.165) is 24.5 Å². The second-order valence-corrected chi connectivity index (χ2v) is 7.59. The van der Waals surface area contributed by atoms with Gasteiger partial charge >= 0.3 is 0 Å². The van der Waals surface area contributed by atoms with E-state index in [2.05, 4.69) is 25.4 Å². The van der Waals surface area contributed by atoms with Crippen LogP contribution < -0.4 is 10.2 Å². The minimum atomic E-state index is -0.257. The number of carbonyl (C=O) groups excluding carboxylic acids is 1. The summed E-state index contributed by atoms with van der Waals surface area (Å²) in [7, 11) is 0. The van der Waals surface area contributed by atoms with Crippen LogP contribution in [0.5, 0.6) is 0 Å². The number of carbonyl (C=O) groups is 1. The molecular formula is C21H23ClN6O. The molecule has 1 fully saturated rings. The Kier molecular flexibility index (Phi) is 5.76. The average Bonchev–Trinajstić information content (AvgIpc) is 3.15. The van der Waals surface area contributed by atoms with Crippen molar-refractivity contribution >= 4 is 23.3 Å². The first-order chi connectivity index (χ1) is 14.1. The number of hydrogen-bond acceptors (Lipinski definition) is 5. The van der Waals surface area contributed by atoms with Crippen LogP contribution in [0.2, 0.25) is 5.02 Å². The lowest BCUT2D eigenvalue weighted by molar-refractivity contribution is 0.0945. The van der Waals surface area contributed by atoms with Crippen molar-refractivity contribution in [1.29, 1.82) is 0 Å². The van der Waals surface area contributed by atoms with E-state index < -0.39 is 0 Å². The van der Waals surface area contributed by atoms with Gasteiger partial charge in [0.2, 0.25) is 0 Å². The molecule has 150 valence electrons. The molecular weight excluding hydrogens is 388 g/mol. The number of piperidine rings is 1. The van der Waals surface area contributed by atoms with Gasteiger partial charge in [-0.2, -0.15) is 9.90 Å². The summed E-state index contributed by atoms with van der Waals surface area (Å²) in [5.41, 5.74) is 2.58. The van der Waals surface area contributed by atoms with Gasteiger partial charge in [0.1, 0.15) is 5.82 Å². The molecule has 1 aliphatic rings. The lowest BCUT2D eigenvalue weighted by Gasteiger charge is -2.27. The zero-order chi connectivity index (χ0) is 20.2. The van der Waals surface area contributed by atoms with Gasteiger partial charge in [-0.1, -0.05) is 17.7 Å². The highest BCUT2D eigenvalue weighted by Crippen LogP contribution is 2.18. The van der Waals surface area contributed by atoms with Crippen LogP contribution in [0.1, 0.15) is 41.0 Å². The van der Waals surface area contributed by atoms with Crippen LogP contribution in [0, 0.1) is 6.92 Å². The maximum absolute atomic E-state index is 12.7. The van der Waals surface area contributed by atoms with E-state index in [1.807, 2.05) is 24.3 Å². The molecule has 0 radical (unpaired) electrons. The summed E-state index contributed by atoms with van der Waals surface area (Å²) in [5, 5.41) is 12.2. The van der Waals surface area contributed by atoms with E-state index in [9.17, 15) is 4.79 Å². The van der Waals surface area contributed by atoms with Crippen molar-refractivity contribution in [3.8, 4) is 5.69 Å². The van der Waals surface area contributed by atoms with E-state index in [4.69, 9.17) is 11.6 Å². The van der Waals surface area contributed by atoms with Crippen molar-refractivity contribution < 1.29 is 4.79 Å². The molecule has 1 aromatic carbocycles. The third kappa shape index (κ3) is 4.56. The van der Waals surface area contributed by atoms with Gasteiger partial charge in [0.15, 0.2) is 5.69 Å². The number of aryl methyl sites for hydroxylation is 1. The zero-order valence-electron chi connectivity index (χ0n) is 16.3. The van der Waals surface area contributed by atoms with Crippen LogP contribution in [0.3, 0.4) is 0 Å². The average molecular weight is 411 g/mol. The van der Waals surface area contributed by atoms with Gasteiger partial charge in [-0.05, 0) is 62.1 Å². The van der Waals surface area contributed by atoms with E-state index >= 15 is 0 Å². The highest BCUT2D eigenvalue weighted by molar-refractivity contribution is 6.30.